The molecule has 0 saturated heterocycles. The Bertz CT molecular complexity index is 3200. The molecular formula is C49H29N3O2. The van der Waals surface area contributed by atoms with Gasteiger partial charge in [0.25, 0.3) is 0 Å². The molecule has 0 fully saturated rings. The molecule has 5 heteroatoms. The third kappa shape index (κ3) is 4.83. The lowest BCUT2D eigenvalue weighted by molar-refractivity contribution is 0.669. The van der Waals surface area contributed by atoms with E-state index < -0.39 is 0 Å². The van der Waals surface area contributed by atoms with Gasteiger partial charge in [-0.05, 0) is 51.9 Å². The minimum absolute atomic E-state index is 0.594. The van der Waals surface area contributed by atoms with E-state index in [0.29, 0.717) is 17.5 Å². The van der Waals surface area contributed by atoms with E-state index in [1.54, 1.807) is 0 Å². The van der Waals surface area contributed by atoms with Gasteiger partial charge in [-0.2, -0.15) is 0 Å². The largest absolute Gasteiger partial charge is 0.456 e. The molecule has 0 saturated carbocycles. The maximum atomic E-state index is 6.61. The second-order valence-corrected chi connectivity index (χ2v) is 13.5. The van der Waals surface area contributed by atoms with Crippen molar-refractivity contribution in [3.05, 3.63) is 176 Å². The summed E-state index contributed by atoms with van der Waals surface area (Å²) in [6, 6.07) is 60.4. The molecule has 0 radical (unpaired) electrons. The summed E-state index contributed by atoms with van der Waals surface area (Å²) in [6.45, 7) is 0. The van der Waals surface area contributed by atoms with Gasteiger partial charge in [0, 0.05) is 43.6 Å². The monoisotopic (exact) mass is 691 g/mol. The molecule has 0 aliphatic carbocycles. The zero-order chi connectivity index (χ0) is 35.6. The Kier molecular flexibility index (Phi) is 6.79. The fourth-order valence-electron chi connectivity index (χ4n) is 7.84. The van der Waals surface area contributed by atoms with Crippen LogP contribution in [0.15, 0.2) is 185 Å². The molecule has 3 aromatic heterocycles. The number of rotatable bonds is 5. The lowest BCUT2D eigenvalue weighted by atomic mass is 9.90. The highest BCUT2D eigenvalue weighted by molar-refractivity contribution is 6.23. The van der Waals surface area contributed by atoms with E-state index in [1.807, 2.05) is 72.8 Å². The van der Waals surface area contributed by atoms with E-state index in [-0.39, 0.29) is 0 Å². The molecule has 54 heavy (non-hydrogen) atoms. The van der Waals surface area contributed by atoms with E-state index in [1.165, 1.54) is 0 Å². The summed E-state index contributed by atoms with van der Waals surface area (Å²) in [5, 5.41) is 6.44. The first-order chi connectivity index (χ1) is 26.8. The van der Waals surface area contributed by atoms with Crippen LogP contribution in [0, 0.1) is 0 Å². The molecule has 8 aromatic carbocycles. The predicted molar refractivity (Wildman–Crippen MR) is 219 cm³/mol. The van der Waals surface area contributed by atoms with E-state index >= 15 is 0 Å². The molecule has 0 aliphatic heterocycles. The van der Waals surface area contributed by atoms with Gasteiger partial charge in [0.05, 0.1) is 0 Å². The van der Waals surface area contributed by atoms with Crippen molar-refractivity contribution in [1.29, 1.82) is 0 Å². The maximum absolute atomic E-state index is 6.61. The number of para-hydroxylation sites is 2. The Hall–Kier alpha value is -7.37. The fraction of sp³-hybridized carbons (Fsp3) is 0. The number of aromatic nitrogens is 3. The molecule has 0 bridgehead atoms. The molecule has 0 aliphatic rings. The summed E-state index contributed by atoms with van der Waals surface area (Å²) < 4.78 is 12.8. The molecule has 0 atom stereocenters. The van der Waals surface area contributed by atoms with Gasteiger partial charge in [-0.15, -0.1) is 0 Å². The quantitative estimate of drug-likeness (QED) is 0.180. The lowest BCUT2D eigenvalue weighted by Crippen LogP contribution is -2.00. The molecular weight excluding hydrogens is 663 g/mol. The molecule has 252 valence electrons. The highest BCUT2D eigenvalue weighted by Gasteiger charge is 2.20. The highest BCUT2D eigenvalue weighted by atomic mass is 16.3. The smallest absolute Gasteiger partial charge is 0.164 e. The standard InChI is InChI=1S/C49H29N3O2/c1-3-13-30(14-4-1)34-19-11-20-36-39(29-40-35-17-7-9-22-41(35)54-46(40)45(34)36)31-25-27-33(28-26-31)48-50-47(32-15-5-2-6-16-32)51-49(52-48)38-21-12-24-43-44(38)37-18-8-10-23-42(37)53-43/h1-29H. The first-order valence-electron chi connectivity index (χ1n) is 18.0. The van der Waals surface area contributed by atoms with Gasteiger partial charge in [-0.25, -0.2) is 15.0 Å². The summed E-state index contributed by atoms with van der Waals surface area (Å²) >= 11 is 0. The first kappa shape index (κ1) is 30.3. The molecule has 0 N–H and O–H groups in total. The van der Waals surface area contributed by atoms with Gasteiger partial charge < -0.3 is 8.83 Å². The van der Waals surface area contributed by atoms with Crippen LogP contribution in [0.4, 0.5) is 0 Å². The molecule has 11 rings (SSSR count). The van der Waals surface area contributed by atoms with Crippen molar-refractivity contribution >= 4 is 54.6 Å². The average molecular weight is 692 g/mol. The number of fused-ring (bicyclic) bond motifs is 8. The van der Waals surface area contributed by atoms with Crippen LogP contribution in [0.3, 0.4) is 0 Å². The minimum Gasteiger partial charge on any atom is -0.456 e. The summed E-state index contributed by atoms with van der Waals surface area (Å²) in [5.74, 6) is 1.81. The van der Waals surface area contributed by atoms with Crippen LogP contribution in [-0.4, -0.2) is 15.0 Å². The number of nitrogens with zero attached hydrogens (tertiary/aromatic N) is 3. The highest BCUT2D eigenvalue weighted by Crippen LogP contribution is 2.44. The van der Waals surface area contributed by atoms with E-state index in [2.05, 4.69) is 103 Å². The van der Waals surface area contributed by atoms with Crippen molar-refractivity contribution in [2.24, 2.45) is 0 Å². The Labute approximate surface area is 309 Å². The van der Waals surface area contributed by atoms with Crippen molar-refractivity contribution in [2.75, 3.05) is 0 Å². The third-order valence-corrected chi connectivity index (χ3v) is 10.4. The van der Waals surface area contributed by atoms with Gasteiger partial charge in [-0.1, -0.05) is 152 Å². The zero-order valence-corrected chi connectivity index (χ0v) is 28.9. The summed E-state index contributed by atoms with van der Waals surface area (Å²) in [7, 11) is 0. The third-order valence-electron chi connectivity index (χ3n) is 10.4. The van der Waals surface area contributed by atoms with Gasteiger partial charge in [0.1, 0.15) is 22.3 Å². The van der Waals surface area contributed by atoms with Crippen LogP contribution >= 0.6 is 0 Å². The van der Waals surface area contributed by atoms with Crippen molar-refractivity contribution in [1.82, 2.24) is 15.0 Å². The average Bonchev–Trinajstić information content (AvgIpc) is 3.82. The summed E-state index contributed by atoms with van der Waals surface area (Å²) in [6.07, 6.45) is 0. The van der Waals surface area contributed by atoms with Crippen LogP contribution in [0.25, 0.3) is 111 Å². The molecule has 0 spiro atoms. The Morgan fingerprint density at radius 1 is 0.296 bits per heavy atom. The summed E-state index contributed by atoms with van der Waals surface area (Å²) in [5.41, 5.74) is 10.6. The number of hydrogen-bond acceptors (Lipinski definition) is 5. The maximum Gasteiger partial charge on any atom is 0.164 e. The van der Waals surface area contributed by atoms with Crippen molar-refractivity contribution in [2.45, 2.75) is 0 Å². The van der Waals surface area contributed by atoms with E-state index in [0.717, 1.165) is 93.6 Å². The van der Waals surface area contributed by atoms with Gasteiger partial charge >= 0.3 is 0 Å². The summed E-state index contributed by atoms with van der Waals surface area (Å²) in [4.78, 5) is 15.2. The van der Waals surface area contributed by atoms with Gasteiger partial charge in [0.15, 0.2) is 17.5 Å². The first-order valence-corrected chi connectivity index (χ1v) is 18.0. The lowest BCUT2D eigenvalue weighted by Gasteiger charge is -2.13. The molecule has 11 aromatic rings. The number of hydrogen-bond donors (Lipinski definition) is 0. The predicted octanol–water partition coefficient (Wildman–Crippen LogP) is 13.2. The minimum atomic E-state index is 0.594. The van der Waals surface area contributed by atoms with Crippen molar-refractivity contribution in [3.8, 4) is 56.4 Å². The molecule has 3 heterocycles. The second-order valence-electron chi connectivity index (χ2n) is 13.5. The van der Waals surface area contributed by atoms with Crippen molar-refractivity contribution < 1.29 is 8.83 Å². The van der Waals surface area contributed by atoms with Crippen LogP contribution in [0.1, 0.15) is 0 Å². The Balaban J connectivity index is 1.10. The SMILES string of the molecule is c1ccc(-c2nc(-c3ccc(-c4cc5c6ccccc6oc5c5c(-c6ccccc6)cccc45)cc3)nc(-c3cccc4oc5ccccc5c34)n2)cc1. The van der Waals surface area contributed by atoms with Gasteiger partial charge in [0.2, 0.25) is 0 Å². The topological polar surface area (TPSA) is 65.0 Å². The molecule has 0 unspecified atom stereocenters. The normalized spacial score (nSPS) is 11.7. The van der Waals surface area contributed by atoms with Crippen molar-refractivity contribution in [3.63, 3.8) is 0 Å². The molecule has 0 amide bonds. The van der Waals surface area contributed by atoms with Gasteiger partial charge in [-0.3, -0.25) is 0 Å². The van der Waals surface area contributed by atoms with Crippen LogP contribution < -0.4 is 0 Å². The van der Waals surface area contributed by atoms with Crippen LogP contribution in [0.5, 0.6) is 0 Å². The van der Waals surface area contributed by atoms with E-state index in [4.69, 9.17) is 23.8 Å². The molecule has 5 nitrogen and oxygen atoms in total. The van der Waals surface area contributed by atoms with Crippen LogP contribution in [-0.2, 0) is 0 Å². The van der Waals surface area contributed by atoms with Crippen LogP contribution in [0.2, 0.25) is 0 Å². The Morgan fingerprint density at radius 2 is 0.815 bits per heavy atom. The fourth-order valence-corrected chi connectivity index (χ4v) is 7.84. The Morgan fingerprint density at radius 3 is 1.57 bits per heavy atom. The number of benzene rings is 8. The number of furan rings is 2. The van der Waals surface area contributed by atoms with E-state index in [9.17, 15) is 0 Å². The second kappa shape index (κ2) is 12.1. The zero-order valence-electron chi connectivity index (χ0n) is 28.9.